The number of anilines is 1. The number of aryl methyl sites for hydroxylation is 2. The normalized spacial score (nSPS) is 12.6. The van der Waals surface area contributed by atoms with E-state index < -0.39 is 0 Å². The van der Waals surface area contributed by atoms with Crippen LogP contribution in [0.25, 0.3) is 0 Å². The Kier molecular flexibility index (Phi) is 4.21. The number of nitrogens with one attached hydrogen (secondary N) is 2. The van der Waals surface area contributed by atoms with E-state index in [2.05, 4.69) is 32.0 Å². The zero-order valence-electron chi connectivity index (χ0n) is 11.9. The van der Waals surface area contributed by atoms with E-state index in [0.29, 0.717) is 6.61 Å². The minimum Gasteiger partial charge on any atom is -0.383 e. The molecule has 0 amide bonds. The molecule has 1 unspecified atom stereocenters. The summed E-state index contributed by atoms with van der Waals surface area (Å²) in [6, 6.07) is 0.219. The predicted octanol–water partition coefficient (Wildman–Crippen LogP) is 1.72. The molecule has 2 N–H and O–H groups in total. The largest absolute Gasteiger partial charge is 0.383 e. The van der Waals surface area contributed by atoms with Crippen LogP contribution in [-0.4, -0.2) is 39.5 Å². The summed E-state index contributed by atoms with van der Waals surface area (Å²) in [5.74, 6) is 0.864. The summed E-state index contributed by atoms with van der Waals surface area (Å²) in [5, 5.41) is 10.4. The zero-order chi connectivity index (χ0) is 13.8. The third kappa shape index (κ3) is 3.35. The standard InChI is InChI=1S/C13H21N5O/c1-9-6-18(7-12-5-14-17-11(12)3)13(15-9)16-10(2)8-19-4/h5-6,10H,7-8H2,1-4H3,(H,14,17)(H,15,16). The third-order valence-electron chi connectivity index (χ3n) is 2.96. The Balaban J connectivity index is 2.14. The average Bonchev–Trinajstić information content (AvgIpc) is 2.88. The number of H-pyrrole nitrogens is 1. The van der Waals surface area contributed by atoms with Crippen molar-refractivity contribution in [2.75, 3.05) is 19.0 Å². The van der Waals surface area contributed by atoms with Crippen LogP contribution in [0.4, 0.5) is 5.95 Å². The number of rotatable bonds is 6. The highest BCUT2D eigenvalue weighted by molar-refractivity contribution is 5.32. The molecule has 0 radical (unpaired) electrons. The van der Waals surface area contributed by atoms with Crippen molar-refractivity contribution in [3.8, 4) is 0 Å². The summed E-state index contributed by atoms with van der Waals surface area (Å²) in [6.45, 7) is 7.49. The maximum absolute atomic E-state index is 5.13. The SMILES string of the molecule is COCC(C)Nc1nc(C)cn1Cc1cn[nH]c1C. The summed E-state index contributed by atoms with van der Waals surface area (Å²) in [6.07, 6.45) is 3.89. The molecule has 0 saturated heterocycles. The first-order valence-corrected chi connectivity index (χ1v) is 6.38. The van der Waals surface area contributed by atoms with Crippen LogP contribution >= 0.6 is 0 Å². The summed E-state index contributed by atoms with van der Waals surface area (Å²) >= 11 is 0. The van der Waals surface area contributed by atoms with Gasteiger partial charge in [-0.1, -0.05) is 0 Å². The molecule has 0 bridgehead atoms. The highest BCUT2D eigenvalue weighted by Crippen LogP contribution is 2.14. The third-order valence-corrected chi connectivity index (χ3v) is 2.96. The summed E-state index contributed by atoms with van der Waals surface area (Å²) in [5.41, 5.74) is 3.25. The van der Waals surface area contributed by atoms with Crippen LogP contribution in [0.3, 0.4) is 0 Å². The topological polar surface area (TPSA) is 67.8 Å². The number of aromatic amines is 1. The van der Waals surface area contributed by atoms with Crippen molar-refractivity contribution < 1.29 is 4.74 Å². The van der Waals surface area contributed by atoms with Gasteiger partial charge >= 0.3 is 0 Å². The van der Waals surface area contributed by atoms with E-state index >= 15 is 0 Å². The Morgan fingerprint density at radius 2 is 2.26 bits per heavy atom. The van der Waals surface area contributed by atoms with E-state index in [-0.39, 0.29) is 6.04 Å². The molecule has 0 saturated carbocycles. The molecule has 0 aliphatic rings. The van der Waals surface area contributed by atoms with Gasteiger partial charge in [-0.05, 0) is 20.8 Å². The van der Waals surface area contributed by atoms with Crippen molar-refractivity contribution in [1.82, 2.24) is 19.7 Å². The molecule has 2 aromatic heterocycles. The molecule has 0 fully saturated rings. The molecule has 2 rings (SSSR count). The second-order valence-corrected chi connectivity index (χ2v) is 4.85. The molecular formula is C13H21N5O. The molecule has 19 heavy (non-hydrogen) atoms. The smallest absolute Gasteiger partial charge is 0.203 e. The van der Waals surface area contributed by atoms with Crippen molar-refractivity contribution in [2.45, 2.75) is 33.4 Å². The van der Waals surface area contributed by atoms with Crippen LogP contribution in [0, 0.1) is 13.8 Å². The fourth-order valence-electron chi connectivity index (χ4n) is 2.01. The molecule has 104 valence electrons. The minimum absolute atomic E-state index is 0.219. The van der Waals surface area contributed by atoms with Crippen molar-refractivity contribution >= 4 is 5.95 Å². The van der Waals surface area contributed by atoms with Gasteiger partial charge in [-0.2, -0.15) is 5.10 Å². The van der Waals surface area contributed by atoms with Gasteiger partial charge in [0.05, 0.1) is 25.0 Å². The summed E-state index contributed by atoms with van der Waals surface area (Å²) < 4.78 is 7.23. The van der Waals surface area contributed by atoms with Crippen molar-refractivity contribution in [1.29, 1.82) is 0 Å². The highest BCUT2D eigenvalue weighted by Gasteiger charge is 2.11. The second kappa shape index (κ2) is 5.88. The lowest BCUT2D eigenvalue weighted by molar-refractivity contribution is 0.190. The van der Waals surface area contributed by atoms with Crippen LogP contribution < -0.4 is 5.32 Å². The Labute approximate surface area is 113 Å². The van der Waals surface area contributed by atoms with Crippen LogP contribution in [-0.2, 0) is 11.3 Å². The maximum Gasteiger partial charge on any atom is 0.203 e. The first kappa shape index (κ1) is 13.6. The fourth-order valence-corrected chi connectivity index (χ4v) is 2.01. The van der Waals surface area contributed by atoms with Crippen molar-refractivity contribution in [2.24, 2.45) is 0 Å². The van der Waals surface area contributed by atoms with Crippen LogP contribution in [0.1, 0.15) is 23.9 Å². The van der Waals surface area contributed by atoms with E-state index in [0.717, 1.165) is 23.9 Å². The lowest BCUT2D eigenvalue weighted by Crippen LogP contribution is -2.23. The first-order chi connectivity index (χ1) is 9.10. The molecule has 2 heterocycles. The minimum atomic E-state index is 0.219. The van der Waals surface area contributed by atoms with Gasteiger partial charge in [-0.3, -0.25) is 5.10 Å². The molecule has 0 aliphatic carbocycles. The molecule has 6 nitrogen and oxygen atoms in total. The van der Waals surface area contributed by atoms with Crippen molar-refractivity contribution in [3.05, 3.63) is 29.3 Å². The van der Waals surface area contributed by atoms with E-state index in [9.17, 15) is 0 Å². The first-order valence-electron chi connectivity index (χ1n) is 6.38. The van der Waals surface area contributed by atoms with E-state index in [1.54, 1.807) is 7.11 Å². The fraction of sp³-hybridized carbons (Fsp3) is 0.538. The van der Waals surface area contributed by atoms with Gasteiger partial charge in [0.25, 0.3) is 0 Å². The van der Waals surface area contributed by atoms with Gasteiger partial charge < -0.3 is 14.6 Å². The van der Waals surface area contributed by atoms with Gasteiger partial charge in [-0.15, -0.1) is 0 Å². The number of ether oxygens (including phenoxy) is 1. The predicted molar refractivity (Wildman–Crippen MR) is 74.4 cm³/mol. The van der Waals surface area contributed by atoms with Crippen LogP contribution in [0.2, 0.25) is 0 Å². The number of imidazole rings is 1. The monoisotopic (exact) mass is 263 g/mol. The van der Waals surface area contributed by atoms with Crippen LogP contribution in [0.5, 0.6) is 0 Å². The molecule has 0 spiro atoms. The number of hydrogen-bond acceptors (Lipinski definition) is 4. The molecule has 0 aliphatic heterocycles. The molecular weight excluding hydrogens is 242 g/mol. The van der Waals surface area contributed by atoms with E-state index in [1.807, 2.05) is 26.2 Å². The zero-order valence-corrected chi connectivity index (χ0v) is 11.9. The summed E-state index contributed by atoms with van der Waals surface area (Å²) in [7, 11) is 1.70. The molecule has 6 heteroatoms. The average molecular weight is 263 g/mol. The van der Waals surface area contributed by atoms with Gasteiger partial charge in [0.2, 0.25) is 5.95 Å². The number of nitrogens with zero attached hydrogens (tertiary/aromatic N) is 3. The number of hydrogen-bond donors (Lipinski definition) is 2. The Morgan fingerprint density at radius 1 is 1.47 bits per heavy atom. The van der Waals surface area contributed by atoms with E-state index in [1.165, 1.54) is 5.56 Å². The quantitative estimate of drug-likeness (QED) is 0.832. The van der Waals surface area contributed by atoms with Crippen molar-refractivity contribution in [3.63, 3.8) is 0 Å². The van der Waals surface area contributed by atoms with Gasteiger partial charge in [0.1, 0.15) is 0 Å². The van der Waals surface area contributed by atoms with Gasteiger partial charge in [0, 0.05) is 30.6 Å². The summed E-state index contributed by atoms with van der Waals surface area (Å²) in [4.78, 5) is 4.51. The Bertz CT molecular complexity index is 531. The molecule has 1 atom stereocenters. The Hall–Kier alpha value is -1.82. The molecule has 0 aromatic carbocycles. The number of aromatic nitrogens is 4. The van der Waals surface area contributed by atoms with Crippen LogP contribution in [0.15, 0.2) is 12.4 Å². The molecule has 2 aromatic rings. The Morgan fingerprint density at radius 3 is 2.89 bits per heavy atom. The second-order valence-electron chi connectivity index (χ2n) is 4.85. The van der Waals surface area contributed by atoms with Gasteiger partial charge in [-0.25, -0.2) is 4.98 Å². The lowest BCUT2D eigenvalue weighted by atomic mass is 10.2. The van der Waals surface area contributed by atoms with E-state index in [4.69, 9.17) is 4.74 Å². The number of methoxy groups -OCH3 is 1. The lowest BCUT2D eigenvalue weighted by Gasteiger charge is -2.15. The highest BCUT2D eigenvalue weighted by atomic mass is 16.5. The van der Waals surface area contributed by atoms with Gasteiger partial charge in [0.15, 0.2) is 0 Å². The maximum atomic E-state index is 5.13.